The molecule has 37 heavy (non-hydrogen) atoms. The minimum atomic E-state index is -0.400. The Labute approximate surface area is 224 Å². The van der Waals surface area contributed by atoms with Crippen molar-refractivity contribution in [2.75, 3.05) is 4.90 Å². The molecule has 2 atom stereocenters. The predicted octanol–water partition coefficient (Wildman–Crippen LogP) is 5.98. The molecule has 1 unspecified atom stereocenters. The Morgan fingerprint density at radius 1 is 0.676 bits per heavy atom. The molecular weight excluding hydrogens is 460 g/mol. The molecule has 2 aromatic carbocycles. The van der Waals surface area contributed by atoms with Gasteiger partial charge in [-0.25, -0.2) is 0 Å². The van der Waals surface area contributed by atoms with Crippen molar-refractivity contribution in [2.45, 2.75) is 104 Å². The Hall–Kier alpha value is -2.23. The smallest absolute Gasteiger partial charge is 0.403 e. The van der Waals surface area contributed by atoms with Gasteiger partial charge in [0.25, 0.3) is 0 Å². The number of hydrogen-bond acceptors (Lipinski definition) is 5. The van der Waals surface area contributed by atoms with Crippen LogP contribution in [0.2, 0.25) is 5.82 Å². The molecule has 0 amide bonds. The van der Waals surface area contributed by atoms with Gasteiger partial charge in [0.15, 0.2) is 0 Å². The van der Waals surface area contributed by atoms with Crippen molar-refractivity contribution in [1.29, 1.82) is 0 Å². The quantitative estimate of drug-likeness (QED) is 0.360. The zero-order chi connectivity index (χ0) is 27.4. The average molecular weight is 501 g/mol. The molecule has 2 heterocycles. The molecule has 0 spiro atoms. The lowest BCUT2D eigenvalue weighted by molar-refractivity contribution is 0.00578. The monoisotopic (exact) mass is 501 g/mol. The molecule has 0 N–H and O–H groups in total. The van der Waals surface area contributed by atoms with Crippen LogP contribution in [0.5, 0.6) is 0 Å². The van der Waals surface area contributed by atoms with Crippen molar-refractivity contribution in [2.24, 2.45) is 0 Å². The normalized spacial score (nSPS) is 22.9. The van der Waals surface area contributed by atoms with E-state index in [1.807, 2.05) is 12.1 Å². The molecule has 7 heteroatoms. The molecule has 0 aromatic heterocycles. The summed E-state index contributed by atoms with van der Waals surface area (Å²) in [4.78, 5) is 2.32. The highest BCUT2D eigenvalue weighted by Crippen LogP contribution is 2.43. The molecule has 0 saturated carbocycles. The lowest BCUT2D eigenvalue weighted by Gasteiger charge is -2.36. The maximum Gasteiger partial charge on any atom is 0.494 e. The van der Waals surface area contributed by atoms with Crippen molar-refractivity contribution in [1.82, 2.24) is 0 Å². The molecule has 2 aliphatic rings. The second kappa shape index (κ2) is 9.50. The van der Waals surface area contributed by atoms with Gasteiger partial charge in [-0.2, -0.15) is 0 Å². The first-order valence-corrected chi connectivity index (χ1v) is 13.3. The molecule has 5 nitrogen and oxygen atoms in total. The number of rotatable bonds is 6. The van der Waals surface area contributed by atoms with Gasteiger partial charge in [0, 0.05) is 28.8 Å². The second-order valence-corrected chi connectivity index (χ2v) is 12.5. The van der Waals surface area contributed by atoms with Crippen LogP contribution in [-0.4, -0.2) is 42.7 Å². The van der Waals surface area contributed by atoms with Crippen LogP contribution in [0.15, 0.2) is 48.5 Å². The van der Waals surface area contributed by atoms with Crippen LogP contribution in [-0.2, 0) is 18.6 Å². The third-order valence-electron chi connectivity index (χ3n) is 8.88. The maximum atomic E-state index is 6.42. The molecule has 0 bridgehead atoms. The van der Waals surface area contributed by atoms with Crippen LogP contribution in [0, 0.1) is 12.3 Å². The summed E-state index contributed by atoms with van der Waals surface area (Å²) < 4.78 is 25.4. The highest BCUT2D eigenvalue weighted by atomic mass is 16.7. The van der Waals surface area contributed by atoms with E-state index in [0.29, 0.717) is 0 Å². The fraction of sp³-hybridized carbons (Fsp3) is 0.533. The SMILES string of the molecule is C#Cc1ccc(N(c2ccc(B3OC(C)(C)C(C)(C)O3)cc2)[C@@H](C)C(C)B2OC(C)(C)C(C)(C)O2)cc1. The van der Waals surface area contributed by atoms with Crippen molar-refractivity contribution in [3.63, 3.8) is 0 Å². The third-order valence-corrected chi connectivity index (χ3v) is 8.88. The molecule has 0 aliphatic carbocycles. The second-order valence-electron chi connectivity index (χ2n) is 12.5. The Morgan fingerprint density at radius 3 is 1.51 bits per heavy atom. The molecule has 0 radical (unpaired) electrons. The fourth-order valence-electron chi connectivity index (χ4n) is 4.67. The van der Waals surface area contributed by atoms with Gasteiger partial charge < -0.3 is 23.5 Å². The number of anilines is 2. The van der Waals surface area contributed by atoms with Crippen LogP contribution in [0.3, 0.4) is 0 Å². The van der Waals surface area contributed by atoms with Gasteiger partial charge in [-0.1, -0.05) is 25.0 Å². The van der Waals surface area contributed by atoms with E-state index in [2.05, 4.69) is 116 Å². The number of hydrogen-bond donors (Lipinski definition) is 0. The van der Waals surface area contributed by atoms with E-state index in [-0.39, 0.29) is 41.4 Å². The van der Waals surface area contributed by atoms with E-state index in [1.54, 1.807) is 0 Å². The summed E-state index contributed by atoms with van der Waals surface area (Å²) in [5.41, 5.74) is 2.44. The van der Waals surface area contributed by atoms with Gasteiger partial charge >= 0.3 is 14.2 Å². The van der Waals surface area contributed by atoms with E-state index in [4.69, 9.17) is 25.0 Å². The Balaban J connectivity index is 1.64. The maximum absolute atomic E-state index is 6.42. The topological polar surface area (TPSA) is 40.2 Å². The lowest BCUT2D eigenvalue weighted by Crippen LogP contribution is -2.41. The molecule has 4 rings (SSSR count). The molecule has 196 valence electrons. The largest absolute Gasteiger partial charge is 0.494 e. The Kier molecular flexibility index (Phi) is 7.14. The van der Waals surface area contributed by atoms with Crippen molar-refractivity contribution in [3.05, 3.63) is 54.1 Å². The van der Waals surface area contributed by atoms with Gasteiger partial charge in [-0.15, -0.1) is 6.42 Å². The first-order valence-electron chi connectivity index (χ1n) is 13.3. The minimum absolute atomic E-state index is 0.0640. The summed E-state index contributed by atoms with van der Waals surface area (Å²) in [5.74, 6) is 2.79. The standard InChI is InChI=1S/C30H41B2NO4/c1-12-23-13-17-25(18-14-23)33(22(3)21(2)31-34-27(4,5)28(6,7)35-31)26-19-15-24(16-20-26)32-36-29(8,9)30(10,11)37-32/h1,13-22H,2-11H3/t21?,22-/m0/s1. The molecule has 2 saturated heterocycles. The van der Waals surface area contributed by atoms with Crippen molar-refractivity contribution in [3.8, 4) is 12.3 Å². The summed E-state index contributed by atoms with van der Waals surface area (Å²) in [7, 11) is -0.722. The van der Waals surface area contributed by atoms with Crippen LogP contribution in [0.25, 0.3) is 0 Å². The molecular formula is C30H41B2NO4. The predicted molar refractivity (Wildman–Crippen MR) is 154 cm³/mol. The fourth-order valence-corrected chi connectivity index (χ4v) is 4.67. The summed E-state index contributed by atoms with van der Waals surface area (Å²) >= 11 is 0. The zero-order valence-corrected chi connectivity index (χ0v) is 24.1. The van der Waals surface area contributed by atoms with Gasteiger partial charge in [0.05, 0.1) is 22.4 Å². The zero-order valence-electron chi connectivity index (χ0n) is 24.1. The summed E-state index contributed by atoms with van der Waals surface area (Å²) in [6, 6.07) is 16.6. The number of terminal acetylenes is 1. The summed E-state index contributed by atoms with van der Waals surface area (Å²) in [6.07, 6.45) is 5.62. The van der Waals surface area contributed by atoms with E-state index in [0.717, 1.165) is 22.4 Å². The van der Waals surface area contributed by atoms with E-state index < -0.39 is 7.12 Å². The van der Waals surface area contributed by atoms with Crippen LogP contribution in [0.1, 0.15) is 74.8 Å². The molecule has 2 fully saturated rings. The van der Waals surface area contributed by atoms with Gasteiger partial charge in [-0.3, -0.25) is 0 Å². The van der Waals surface area contributed by atoms with Crippen molar-refractivity contribution >= 4 is 31.1 Å². The molecule has 2 aromatic rings. The van der Waals surface area contributed by atoms with Gasteiger partial charge in [-0.05, 0) is 104 Å². The first kappa shape index (κ1) is 27.8. The Morgan fingerprint density at radius 2 is 1.08 bits per heavy atom. The van der Waals surface area contributed by atoms with Crippen LogP contribution >= 0.6 is 0 Å². The highest BCUT2D eigenvalue weighted by molar-refractivity contribution is 6.62. The number of benzene rings is 2. The van der Waals surface area contributed by atoms with Crippen LogP contribution < -0.4 is 10.4 Å². The summed E-state index contributed by atoms with van der Waals surface area (Å²) in [6.45, 7) is 21.1. The van der Waals surface area contributed by atoms with Crippen molar-refractivity contribution < 1.29 is 18.6 Å². The average Bonchev–Trinajstić information content (AvgIpc) is 3.19. The highest BCUT2D eigenvalue weighted by Gasteiger charge is 2.54. The first-order chi connectivity index (χ1) is 17.1. The van der Waals surface area contributed by atoms with E-state index in [9.17, 15) is 0 Å². The lowest BCUT2D eigenvalue weighted by atomic mass is 9.68. The van der Waals surface area contributed by atoms with Gasteiger partial charge in [0.1, 0.15) is 0 Å². The minimum Gasteiger partial charge on any atom is -0.403 e. The molecule has 2 aliphatic heterocycles. The Bertz CT molecular complexity index is 1120. The summed E-state index contributed by atoms with van der Waals surface area (Å²) in [5, 5.41) is 0. The van der Waals surface area contributed by atoms with E-state index in [1.165, 1.54) is 0 Å². The number of nitrogens with zero attached hydrogens (tertiary/aromatic N) is 1. The third kappa shape index (κ3) is 5.10. The van der Waals surface area contributed by atoms with Crippen LogP contribution in [0.4, 0.5) is 11.4 Å². The van der Waals surface area contributed by atoms with Gasteiger partial charge in [0.2, 0.25) is 0 Å². The van der Waals surface area contributed by atoms with E-state index >= 15 is 0 Å².